The van der Waals surface area contributed by atoms with E-state index >= 15 is 0 Å². The fourth-order valence-electron chi connectivity index (χ4n) is 8.09. The highest BCUT2D eigenvalue weighted by molar-refractivity contribution is 7.28. The second-order valence-corrected chi connectivity index (χ2v) is 16.0. The average molecular weight is 741 g/mol. The minimum atomic E-state index is 0.860. The molecule has 0 bridgehead atoms. The summed E-state index contributed by atoms with van der Waals surface area (Å²) in [5.41, 5.74) is 11.2. The van der Waals surface area contributed by atoms with Gasteiger partial charge in [0.2, 0.25) is 0 Å². The zero-order valence-corrected chi connectivity index (χ0v) is 30.8. The first-order chi connectivity index (χ1) is 27.2. The van der Waals surface area contributed by atoms with Crippen molar-refractivity contribution in [2.24, 2.45) is 0 Å². The number of hydrogen-bond donors (Lipinski definition) is 0. The number of nitrogens with zero attached hydrogens (tertiary/aromatic N) is 2. The summed E-state index contributed by atoms with van der Waals surface area (Å²) in [6.07, 6.45) is 0. The fraction of sp³-hybridized carbons (Fsp3) is 0. The van der Waals surface area contributed by atoms with Gasteiger partial charge < -0.3 is 13.7 Å². The van der Waals surface area contributed by atoms with Crippen molar-refractivity contribution in [3.8, 4) is 21.7 Å². The van der Waals surface area contributed by atoms with Crippen molar-refractivity contribution in [3.05, 3.63) is 170 Å². The lowest BCUT2D eigenvalue weighted by atomic mass is 10.0. The summed E-state index contributed by atoms with van der Waals surface area (Å²) in [6, 6.07) is 60.1. The van der Waals surface area contributed by atoms with Crippen LogP contribution in [0, 0.1) is 0 Å². The van der Waals surface area contributed by atoms with Gasteiger partial charge in [-0.3, -0.25) is 0 Å². The van der Waals surface area contributed by atoms with Crippen molar-refractivity contribution in [2.45, 2.75) is 0 Å². The first-order valence-corrected chi connectivity index (χ1v) is 19.9. The van der Waals surface area contributed by atoms with Crippen LogP contribution >= 0.6 is 22.7 Å². The van der Waals surface area contributed by atoms with E-state index in [2.05, 4.69) is 150 Å². The van der Waals surface area contributed by atoms with Crippen LogP contribution in [0.15, 0.2) is 179 Å². The van der Waals surface area contributed by atoms with Crippen LogP contribution in [-0.2, 0) is 0 Å². The second kappa shape index (κ2) is 11.9. The van der Waals surface area contributed by atoms with E-state index in [1.54, 1.807) is 11.3 Å². The third kappa shape index (κ3) is 4.85. The van der Waals surface area contributed by atoms with Gasteiger partial charge in [-0.05, 0) is 83.9 Å². The van der Waals surface area contributed by atoms with Crippen molar-refractivity contribution in [3.63, 3.8) is 0 Å². The molecule has 0 saturated carbocycles. The van der Waals surface area contributed by atoms with Gasteiger partial charge in [0.25, 0.3) is 0 Å². The van der Waals surface area contributed by atoms with Crippen LogP contribution in [0.4, 0.5) is 17.1 Å². The normalized spacial score (nSPS) is 12.0. The third-order valence-electron chi connectivity index (χ3n) is 10.7. The number of thiophene rings is 1. The Morgan fingerprint density at radius 1 is 0.400 bits per heavy atom. The maximum Gasteiger partial charge on any atom is 0.137 e. The molecule has 0 spiro atoms. The number of benzene rings is 8. The number of anilines is 3. The molecule has 0 radical (unpaired) electrons. The third-order valence-corrected chi connectivity index (χ3v) is 13.0. The Hall–Kier alpha value is -6.73. The number of fused-ring (bicyclic) bond motifs is 11. The number of para-hydroxylation sites is 2. The molecular formula is C49H28N2O2S2. The van der Waals surface area contributed by atoms with Crippen LogP contribution < -0.4 is 4.90 Å². The number of rotatable bonds is 5. The molecule has 0 aliphatic heterocycles. The van der Waals surface area contributed by atoms with E-state index in [4.69, 9.17) is 13.8 Å². The molecule has 55 heavy (non-hydrogen) atoms. The molecule has 0 atom stereocenters. The van der Waals surface area contributed by atoms with Crippen LogP contribution in [0.2, 0.25) is 0 Å². The Kier molecular flexibility index (Phi) is 6.64. The van der Waals surface area contributed by atoms with Gasteiger partial charge >= 0.3 is 0 Å². The van der Waals surface area contributed by atoms with Gasteiger partial charge in [-0.15, -0.1) is 22.7 Å². The zero-order valence-electron chi connectivity index (χ0n) is 29.2. The van der Waals surface area contributed by atoms with E-state index in [0.717, 1.165) is 77.0 Å². The van der Waals surface area contributed by atoms with Crippen LogP contribution in [0.1, 0.15) is 0 Å². The lowest BCUT2D eigenvalue weighted by Crippen LogP contribution is -2.09. The molecule has 4 nitrogen and oxygen atoms in total. The molecule has 258 valence electrons. The van der Waals surface area contributed by atoms with E-state index in [1.165, 1.54) is 36.0 Å². The van der Waals surface area contributed by atoms with E-state index in [-0.39, 0.29) is 0 Å². The topological polar surface area (TPSA) is 42.4 Å². The Labute approximate surface area is 322 Å². The number of furan rings is 2. The Morgan fingerprint density at radius 2 is 1.04 bits per heavy atom. The van der Waals surface area contributed by atoms with Crippen molar-refractivity contribution < 1.29 is 8.83 Å². The van der Waals surface area contributed by atoms with E-state index in [1.807, 2.05) is 35.6 Å². The largest absolute Gasteiger partial charge is 0.456 e. The molecule has 8 aromatic carbocycles. The van der Waals surface area contributed by atoms with Crippen LogP contribution in [0.5, 0.6) is 0 Å². The highest BCUT2D eigenvalue weighted by Crippen LogP contribution is 2.45. The molecule has 0 aliphatic rings. The Morgan fingerprint density at radius 3 is 1.87 bits per heavy atom. The highest BCUT2D eigenvalue weighted by atomic mass is 32.1. The number of hydrogen-bond acceptors (Lipinski definition) is 6. The molecule has 4 heterocycles. The maximum absolute atomic E-state index is 6.37. The SMILES string of the molecule is c1ccc(-c2nc3ccc4sc5cc(-c6ccc(N(c7ccc8c(c7)oc7ccccc78)c7ccc8oc9ccccc9c8c7)cc6)ccc5c4c3s2)cc1. The van der Waals surface area contributed by atoms with Crippen molar-refractivity contribution >= 4 is 114 Å². The summed E-state index contributed by atoms with van der Waals surface area (Å²) in [6.45, 7) is 0. The number of thiazole rings is 1. The van der Waals surface area contributed by atoms with Gasteiger partial charge in [0.1, 0.15) is 27.3 Å². The van der Waals surface area contributed by atoms with Crippen molar-refractivity contribution in [2.75, 3.05) is 4.90 Å². The van der Waals surface area contributed by atoms with E-state index < -0.39 is 0 Å². The van der Waals surface area contributed by atoms with E-state index in [9.17, 15) is 0 Å². The zero-order chi connectivity index (χ0) is 36.0. The Balaban J connectivity index is 0.961. The first kappa shape index (κ1) is 30.7. The van der Waals surface area contributed by atoms with Gasteiger partial charge in [-0.1, -0.05) is 91.0 Å². The molecule has 0 unspecified atom stereocenters. The minimum Gasteiger partial charge on any atom is -0.456 e. The molecule has 6 heteroatoms. The summed E-state index contributed by atoms with van der Waals surface area (Å²) in [5.74, 6) is 0. The van der Waals surface area contributed by atoms with Crippen LogP contribution in [-0.4, -0.2) is 4.98 Å². The number of aromatic nitrogens is 1. The van der Waals surface area contributed by atoms with Crippen LogP contribution in [0.3, 0.4) is 0 Å². The summed E-state index contributed by atoms with van der Waals surface area (Å²) >= 11 is 3.63. The maximum atomic E-state index is 6.37. The summed E-state index contributed by atoms with van der Waals surface area (Å²) in [4.78, 5) is 7.31. The molecule has 0 amide bonds. The predicted molar refractivity (Wildman–Crippen MR) is 233 cm³/mol. The molecule has 0 N–H and O–H groups in total. The van der Waals surface area contributed by atoms with Gasteiger partial charge in [-0.25, -0.2) is 4.98 Å². The standard InChI is InChI=1S/C49H28N2O2S2/c1-2-8-30(9-3-1)49-50-40-23-25-45-47(48(40)55-49)38-21-16-31(26-46(38)54-45)29-14-17-32(18-15-29)51(33-20-24-43-39(27-33)36-11-5-7-13-42(36)52-43)34-19-22-37-35-10-4-6-12-41(35)53-44(37)28-34/h1-28H. The smallest absolute Gasteiger partial charge is 0.137 e. The molecular weight excluding hydrogens is 713 g/mol. The monoisotopic (exact) mass is 740 g/mol. The molecule has 12 rings (SSSR count). The second-order valence-electron chi connectivity index (χ2n) is 13.9. The fourth-order valence-corrected chi connectivity index (χ4v) is 10.4. The van der Waals surface area contributed by atoms with Crippen molar-refractivity contribution in [1.82, 2.24) is 4.98 Å². The lowest BCUT2D eigenvalue weighted by Gasteiger charge is -2.25. The van der Waals surface area contributed by atoms with Gasteiger partial charge in [-0.2, -0.15) is 0 Å². The van der Waals surface area contributed by atoms with Gasteiger partial charge in [0, 0.05) is 70.4 Å². The molecule has 4 aromatic heterocycles. The minimum absolute atomic E-state index is 0.860. The molecule has 12 aromatic rings. The average Bonchev–Trinajstić information content (AvgIpc) is 4.02. The van der Waals surface area contributed by atoms with E-state index in [0.29, 0.717) is 0 Å². The molecule has 0 fully saturated rings. The van der Waals surface area contributed by atoms with Gasteiger partial charge in [0.05, 0.1) is 10.2 Å². The first-order valence-electron chi connectivity index (χ1n) is 18.3. The lowest BCUT2D eigenvalue weighted by molar-refractivity contribution is 0.668. The highest BCUT2D eigenvalue weighted by Gasteiger charge is 2.19. The van der Waals surface area contributed by atoms with Crippen molar-refractivity contribution in [1.29, 1.82) is 0 Å². The molecule has 0 aliphatic carbocycles. The van der Waals surface area contributed by atoms with Gasteiger partial charge in [0.15, 0.2) is 0 Å². The Bertz CT molecular complexity index is 3440. The summed E-state index contributed by atoms with van der Waals surface area (Å²) in [5, 5.41) is 8.06. The predicted octanol–water partition coefficient (Wildman–Crippen LogP) is 15.3. The molecule has 0 saturated heterocycles. The summed E-state index contributed by atoms with van der Waals surface area (Å²) < 4.78 is 16.4. The van der Waals surface area contributed by atoms with Crippen LogP contribution in [0.25, 0.3) is 96.0 Å². The summed E-state index contributed by atoms with van der Waals surface area (Å²) in [7, 11) is 0. The quantitative estimate of drug-likeness (QED) is 0.176.